The molecular weight excluding hydrogens is 380 g/mol. The van der Waals surface area contributed by atoms with Crippen LogP contribution >= 0.6 is 0 Å². The summed E-state index contributed by atoms with van der Waals surface area (Å²) in [7, 11) is 0. The van der Waals surface area contributed by atoms with E-state index in [0.29, 0.717) is 13.0 Å². The van der Waals surface area contributed by atoms with Crippen LogP contribution in [0.3, 0.4) is 0 Å². The van der Waals surface area contributed by atoms with Crippen molar-refractivity contribution in [3.63, 3.8) is 0 Å². The second kappa shape index (κ2) is 9.59. The quantitative estimate of drug-likeness (QED) is 0.475. The molecule has 0 unspecified atom stereocenters. The van der Waals surface area contributed by atoms with Crippen molar-refractivity contribution in [2.75, 3.05) is 0 Å². The SMILES string of the molecule is CC(C)C[C@H](N[C@H](Cc1cn(Cc2ccccc2)c2ccccc12)C(=O)O)C(=O)O. The van der Waals surface area contributed by atoms with Gasteiger partial charge in [-0.2, -0.15) is 0 Å². The Balaban J connectivity index is 1.89. The van der Waals surface area contributed by atoms with Gasteiger partial charge in [-0.05, 0) is 29.5 Å². The van der Waals surface area contributed by atoms with Gasteiger partial charge in [-0.3, -0.25) is 14.9 Å². The third kappa shape index (κ3) is 5.27. The number of benzene rings is 2. The Morgan fingerprint density at radius 1 is 0.933 bits per heavy atom. The van der Waals surface area contributed by atoms with Crippen LogP contribution in [0.4, 0.5) is 0 Å². The zero-order chi connectivity index (χ0) is 21.7. The summed E-state index contributed by atoms with van der Waals surface area (Å²) in [6.45, 7) is 4.52. The van der Waals surface area contributed by atoms with Crippen LogP contribution < -0.4 is 5.32 Å². The minimum Gasteiger partial charge on any atom is -0.480 e. The summed E-state index contributed by atoms with van der Waals surface area (Å²) in [5.74, 6) is -1.94. The highest BCUT2D eigenvalue weighted by atomic mass is 16.4. The Hall–Kier alpha value is -3.12. The number of rotatable bonds is 10. The summed E-state index contributed by atoms with van der Waals surface area (Å²) in [6, 6.07) is 16.1. The molecule has 6 heteroatoms. The first kappa shape index (κ1) is 21.6. The summed E-state index contributed by atoms with van der Waals surface area (Å²) < 4.78 is 2.11. The van der Waals surface area contributed by atoms with Crippen LogP contribution in [0.2, 0.25) is 0 Å². The maximum Gasteiger partial charge on any atom is 0.321 e. The van der Waals surface area contributed by atoms with Crippen molar-refractivity contribution in [3.05, 3.63) is 71.9 Å². The number of nitrogens with one attached hydrogen (secondary N) is 1. The van der Waals surface area contributed by atoms with Gasteiger partial charge in [0.2, 0.25) is 0 Å². The van der Waals surface area contributed by atoms with Crippen molar-refractivity contribution in [2.24, 2.45) is 5.92 Å². The molecule has 6 nitrogen and oxygen atoms in total. The van der Waals surface area contributed by atoms with Crippen molar-refractivity contribution in [1.82, 2.24) is 9.88 Å². The number of aromatic nitrogens is 1. The lowest BCUT2D eigenvalue weighted by atomic mass is 10.0. The molecule has 0 aliphatic carbocycles. The third-order valence-corrected chi connectivity index (χ3v) is 5.20. The Morgan fingerprint density at radius 2 is 1.57 bits per heavy atom. The van der Waals surface area contributed by atoms with E-state index in [4.69, 9.17) is 0 Å². The smallest absolute Gasteiger partial charge is 0.321 e. The van der Waals surface area contributed by atoms with Crippen LogP contribution in [-0.4, -0.2) is 38.8 Å². The molecule has 0 aliphatic heterocycles. The summed E-state index contributed by atoms with van der Waals surface area (Å²) in [5.41, 5.74) is 3.06. The first-order chi connectivity index (χ1) is 14.3. The molecule has 158 valence electrons. The Labute approximate surface area is 176 Å². The number of carboxylic acid groups (broad SMARTS) is 2. The van der Waals surface area contributed by atoms with Crippen molar-refractivity contribution in [2.45, 2.75) is 45.3 Å². The maximum absolute atomic E-state index is 11.9. The van der Waals surface area contributed by atoms with Gasteiger partial charge in [-0.15, -0.1) is 0 Å². The molecule has 30 heavy (non-hydrogen) atoms. The molecule has 1 aromatic heterocycles. The molecule has 3 aromatic rings. The molecule has 0 radical (unpaired) electrons. The molecule has 0 bridgehead atoms. The molecule has 2 atom stereocenters. The van der Waals surface area contributed by atoms with Gasteiger partial charge < -0.3 is 14.8 Å². The molecular formula is C24H28N2O4. The minimum absolute atomic E-state index is 0.140. The monoisotopic (exact) mass is 408 g/mol. The highest BCUT2D eigenvalue weighted by molar-refractivity contribution is 5.85. The lowest BCUT2D eigenvalue weighted by Gasteiger charge is -2.21. The van der Waals surface area contributed by atoms with Crippen molar-refractivity contribution >= 4 is 22.8 Å². The Bertz CT molecular complexity index is 1010. The zero-order valence-corrected chi connectivity index (χ0v) is 17.3. The molecule has 0 aliphatic rings. The topological polar surface area (TPSA) is 91.6 Å². The molecule has 3 N–H and O–H groups in total. The number of nitrogens with zero attached hydrogens (tertiary/aromatic N) is 1. The van der Waals surface area contributed by atoms with Gasteiger partial charge in [0.25, 0.3) is 0 Å². The van der Waals surface area contributed by atoms with Crippen LogP contribution in [-0.2, 0) is 22.6 Å². The summed E-state index contributed by atoms with van der Waals surface area (Å²) in [4.78, 5) is 23.5. The minimum atomic E-state index is -1.05. The zero-order valence-electron chi connectivity index (χ0n) is 17.3. The van der Waals surface area contributed by atoms with Crippen molar-refractivity contribution < 1.29 is 19.8 Å². The fourth-order valence-corrected chi connectivity index (χ4v) is 3.79. The fraction of sp³-hybridized carbons (Fsp3) is 0.333. The maximum atomic E-state index is 11.9. The second-order valence-corrected chi connectivity index (χ2v) is 8.07. The number of hydrogen-bond acceptors (Lipinski definition) is 3. The van der Waals surface area contributed by atoms with Crippen LogP contribution in [0.1, 0.15) is 31.4 Å². The molecule has 3 rings (SSSR count). The molecule has 2 aromatic carbocycles. The first-order valence-corrected chi connectivity index (χ1v) is 10.2. The third-order valence-electron chi connectivity index (χ3n) is 5.20. The van der Waals surface area contributed by atoms with E-state index in [1.165, 1.54) is 0 Å². The molecule has 0 spiro atoms. The molecule has 0 amide bonds. The average molecular weight is 408 g/mol. The van der Waals surface area contributed by atoms with Crippen LogP contribution in [0.25, 0.3) is 10.9 Å². The second-order valence-electron chi connectivity index (χ2n) is 8.07. The standard InChI is InChI=1S/C24H28N2O4/c1-16(2)12-20(23(27)28)25-21(24(29)30)13-18-15-26(14-17-8-4-3-5-9-17)22-11-7-6-10-19(18)22/h3-11,15-16,20-21,25H,12-14H2,1-2H3,(H,27,28)(H,29,30)/t20-,21+/m0/s1. The van der Waals surface area contributed by atoms with E-state index >= 15 is 0 Å². The predicted molar refractivity (Wildman–Crippen MR) is 117 cm³/mol. The highest BCUT2D eigenvalue weighted by Gasteiger charge is 2.27. The number of hydrogen-bond donors (Lipinski definition) is 3. The van der Waals surface area contributed by atoms with Gasteiger partial charge in [0.15, 0.2) is 0 Å². The van der Waals surface area contributed by atoms with Gasteiger partial charge in [0.05, 0.1) is 0 Å². The number of para-hydroxylation sites is 1. The number of carboxylic acids is 2. The van der Waals surface area contributed by atoms with E-state index in [0.717, 1.165) is 22.0 Å². The van der Waals surface area contributed by atoms with Gasteiger partial charge in [0, 0.05) is 30.1 Å². The highest BCUT2D eigenvalue weighted by Crippen LogP contribution is 2.24. The summed E-state index contributed by atoms with van der Waals surface area (Å²) in [5, 5.41) is 23.1. The number of carbonyl (C=O) groups is 2. The largest absolute Gasteiger partial charge is 0.480 e. The normalized spacial score (nSPS) is 13.4. The van der Waals surface area contributed by atoms with E-state index in [9.17, 15) is 19.8 Å². The van der Waals surface area contributed by atoms with Gasteiger partial charge in [-0.25, -0.2) is 0 Å². The van der Waals surface area contributed by atoms with Gasteiger partial charge in [-0.1, -0.05) is 62.4 Å². The first-order valence-electron chi connectivity index (χ1n) is 10.2. The van der Waals surface area contributed by atoms with Gasteiger partial charge >= 0.3 is 11.9 Å². The number of fused-ring (bicyclic) bond motifs is 1. The van der Waals surface area contributed by atoms with Crippen LogP contribution in [0.15, 0.2) is 60.8 Å². The van der Waals surface area contributed by atoms with E-state index in [2.05, 4.69) is 22.0 Å². The van der Waals surface area contributed by atoms with E-state index in [1.807, 2.05) is 62.5 Å². The molecule has 0 saturated heterocycles. The summed E-state index contributed by atoms with van der Waals surface area (Å²) in [6.07, 6.45) is 2.56. The molecule has 1 heterocycles. The lowest BCUT2D eigenvalue weighted by Crippen LogP contribution is -2.48. The van der Waals surface area contributed by atoms with E-state index in [1.54, 1.807) is 0 Å². The predicted octanol–water partition coefficient (Wildman–Crippen LogP) is 3.77. The van der Waals surface area contributed by atoms with Crippen molar-refractivity contribution in [3.8, 4) is 0 Å². The van der Waals surface area contributed by atoms with E-state index in [-0.39, 0.29) is 12.3 Å². The van der Waals surface area contributed by atoms with E-state index < -0.39 is 24.0 Å². The molecule has 0 saturated carbocycles. The van der Waals surface area contributed by atoms with Crippen molar-refractivity contribution in [1.29, 1.82) is 0 Å². The Kier molecular flexibility index (Phi) is 6.90. The van der Waals surface area contributed by atoms with Gasteiger partial charge in [0.1, 0.15) is 12.1 Å². The lowest BCUT2D eigenvalue weighted by molar-refractivity contribution is -0.142. The fourth-order valence-electron chi connectivity index (χ4n) is 3.79. The summed E-state index contributed by atoms with van der Waals surface area (Å²) >= 11 is 0. The van der Waals surface area contributed by atoms with Crippen LogP contribution in [0.5, 0.6) is 0 Å². The average Bonchev–Trinajstić information content (AvgIpc) is 3.04. The Morgan fingerprint density at radius 3 is 2.20 bits per heavy atom. The van der Waals surface area contributed by atoms with Crippen LogP contribution in [0, 0.1) is 5.92 Å². The molecule has 0 fully saturated rings. The number of aliphatic carboxylic acids is 2.